The molecule has 0 saturated heterocycles. The van der Waals surface area contributed by atoms with E-state index in [1.807, 2.05) is 0 Å². The van der Waals surface area contributed by atoms with E-state index in [0.717, 1.165) is 18.4 Å². The monoisotopic (exact) mass is 248 g/mol. The summed E-state index contributed by atoms with van der Waals surface area (Å²) in [6.07, 6.45) is 0.861. The third-order valence-electron chi connectivity index (χ3n) is 2.29. The summed E-state index contributed by atoms with van der Waals surface area (Å²) < 4.78 is 35.8. The molecule has 1 rings (SSSR count). The van der Waals surface area contributed by atoms with Crippen LogP contribution in [0.25, 0.3) is 0 Å². The minimum atomic E-state index is -3.70. The Balaban J connectivity index is 3.39. The van der Waals surface area contributed by atoms with Gasteiger partial charge in [0.1, 0.15) is 16.5 Å². The molecule has 0 amide bonds. The number of aromatic hydroxyl groups is 1. The van der Waals surface area contributed by atoms with E-state index in [0.29, 0.717) is 0 Å². The van der Waals surface area contributed by atoms with Crippen LogP contribution in [0.2, 0.25) is 0 Å². The molecule has 90 valence electrons. The average molecular weight is 248 g/mol. The highest BCUT2D eigenvalue weighted by atomic mass is 32.2. The van der Waals surface area contributed by atoms with E-state index in [-0.39, 0.29) is 17.9 Å². The van der Waals surface area contributed by atoms with Crippen molar-refractivity contribution in [3.8, 4) is 5.75 Å². The number of aliphatic hydroxyl groups is 1. The molecule has 0 fully saturated rings. The minimum absolute atomic E-state index is 0.187. The van der Waals surface area contributed by atoms with Crippen LogP contribution in [-0.4, -0.2) is 31.5 Å². The van der Waals surface area contributed by atoms with Crippen molar-refractivity contribution in [3.63, 3.8) is 0 Å². The predicted octanol–water partition coefficient (Wildman–Crippen LogP) is 1.03. The molecule has 0 bridgehead atoms. The SMILES string of the molecule is CC(CO)c1cc(F)c(S(C)(=O)=O)cc1O. The highest BCUT2D eigenvalue weighted by Crippen LogP contribution is 2.30. The van der Waals surface area contributed by atoms with Gasteiger partial charge in [-0.1, -0.05) is 6.92 Å². The molecular weight excluding hydrogens is 235 g/mol. The summed E-state index contributed by atoms with van der Waals surface area (Å²) in [5.74, 6) is -1.71. The summed E-state index contributed by atoms with van der Waals surface area (Å²) in [6, 6.07) is 1.80. The molecule has 4 nitrogen and oxygen atoms in total. The largest absolute Gasteiger partial charge is 0.508 e. The van der Waals surface area contributed by atoms with Crippen LogP contribution in [-0.2, 0) is 9.84 Å². The Morgan fingerprint density at radius 1 is 1.44 bits per heavy atom. The van der Waals surface area contributed by atoms with Gasteiger partial charge in [0, 0.05) is 30.4 Å². The van der Waals surface area contributed by atoms with Crippen LogP contribution in [0.3, 0.4) is 0 Å². The lowest BCUT2D eigenvalue weighted by atomic mass is 10.0. The van der Waals surface area contributed by atoms with Crippen molar-refractivity contribution >= 4 is 9.84 Å². The summed E-state index contributed by atoms with van der Waals surface area (Å²) in [7, 11) is -3.70. The Hall–Kier alpha value is -1.14. The molecule has 0 spiro atoms. The maximum Gasteiger partial charge on any atom is 0.178 e. The number of phenolic OH excluding ortho intramolecular Hbond substituents is 1. The first-order valence-corrected chi connectivity index (χ1v) is 6.49. The fourth-order valence-electron chi connectivity index (χ4n) is 1.34. The fraction of sp³-hybridized carbons (Fsp3) is 0.400. The molecule has 6 heteroatoms. The predicted molar refractivity (Wildman–Crippen MR) is 56.7 cm³/mol. The van der Waals surface area contributed by atoms with Crippen LogP contribution in [0.5, 0.6) is 5.75 Å². The normalized spacial score (nSPS) is 13.8. The number of hydrogen-bond acceptors (Lipinski definition) is 4. The smallest absolute Gasteiger partial charge is 0.178 e. The fourth-order valence-corrected chi connectivity index (χ4v) is 2.07. The summed E-state index contributed by atoms with van der Waals surface area (Å²) in [5, 5.41) is 18.4. The number of halogens is 1. The molecule has 2 N–H and O–H groups in total. The zero-order valence-electron chi connectivity index (χ0n) is 8.94. The van der Waals surface area contributed by atoms with Crippen molar-refractivity contribution < 1.29 is 23.0 Å². The van der Waals surface area contributed by atoms with E-state index in [1.54, 1.807) is 6.92 Å². The van der Waals surface area contributed by atoms with E-state index in [9.17, 15) is 17.9 Å². The zero-order valence-corrected chi connectivity index (χ0v) is 9.75. The van der Waals surface area contributed by atoms with Gasteiger partial charge in [0.2, 0.25) is 0 Å². The lowest BCUT2D eigenvalue weighted by Crippen LogP contribution is -2.05. The van der Waals surface area contributed by atoms with E-state index < -0.39 is 26.5 Å². The molecule has 1 aromatic rings. The maximum absolute atomic E-state index is 13.5. The highest BCUT2D eigenvalue weighted by Gasteiger charge is 2.19. The van der Waals surface area contributed by atoms with Crippen molar-refractivity contribution in [2.45, 2.75) is 17.7 Å². The molecule has 0 aliphatic rings. The van der Waals surface area contributed by atoms with E-state index >= 15 is 0 Å². The third kappa shape index (κ3) is 2.51. The molecule has 0 saturated carbocycles. The molecule has 0 aliphatic carbocycles. The maximum atomic E-state index is 13.5. The van der Waals surface area contributed by atoms with Gasteiger partial charge in [0.25, 0.3) is 0 Å². The summed E-state index contributed by atoms with van der Waals surface area (Å²) in [4.78, 5) is -0.543. The second-order valence-corrected chi connectivity index (χ2v) is 5.68. The van der Waals surface area contributed by atoms with Gasteiger partial charge < -0.3 is 10.2 Å². The lowest BCUT2D eigenvalue weighted by molar-refractivity contribution is 0.270. The molecule has 1 atom stereocenters. The van der Waals surface area contributed by atoms with Crippen LogP contribution in [0.4, 0.5) is 4.39 Å². The molecular formula is C10H13FO4S. The van der Waals surface area contributed by atoms with Crippen LogP contribution < -0.4 is 0 Å². The van der Waals surface area contributed by atoms with Gasteiger partial charge in [-0.15, -0.1) is 0 Å². The molecule has 16 heavy (non-hydrogen) atoms. The van der Waals surface area contributed by atoms with Crippen molar-refractivity contribution in [3.05, 3.63) is 23.5 Å². The molecule has 0 heterocycles. The van der Waals surface area contributed by atoms with E-state index in [2.05, 4.69) is 0 Å². The molecule has 1 unspecified atom stereocenters. The lowest BCUT2D eigenvalue weighted by Gasteiger charge is -2.12. The van der Waals surface area contributed by atoms with Crippen molar-refractivity contribution in [1.29, 1.82) is 0 Å². The number of rotatable bonds is 3. The first kappa shape index (κ1) is 12.9. The molecule has 0 aliphatic heterocycles. The molecule has 0 aromatic heterocycles. The number of benzene rings is 1. The van der Waals surface area contributed by atoms with Crippen LogP contribution in [0.15, 0.2) is 17.0 Å². The van der Waals surface area contributed by atoms with Gasteiger partial charge in [-0.05, 0) is 6.07 Å². The Kier molecular flexibility index (Phi) is 3.54. The Morgan fingerprint density at radius 2 is 2.00 bits per heavy atom. The van der Waals surface area contributed by atoms with Gasteiger partial charge in [-0.3, -0.25) is 0 Å². The van der Waals surface area contributed by atoms with Gasteiger partial charge >= 0.3 is 0 Å². The Morgan fingerprint density at radius 3 is 2.44 bits per heavy atom. The summed E-state index contributed by atoms with van der Waals surface area (Å²) in [6.45, 7) is 1.33. The Labute approximate surface area is 93.3 Å². The van der Waals surface area contributed by atoms with Gasteiger partial charge in [-0.25, -0.2) is 12.8 Å². The second kappa shape index (κ2) is 4.39. The van der Waals surface area contributed by atoms with E-state index in [1.165, 1.54) is 0 Å². The quantitative estimate of drug-likeness (QED) is 0.837. The molecule has 0 radical (unpaired) electrons. The number of sulfone groups is 1. The topological polar surface area (TPSA) is 74.6 Å². The van der Waals surface area contributed by atoms with Crippen LogP contribution in [0.1, 0.15) is 18.4 Å². The first-order chi connectivity index (χ1) is 7.27. The average Bonchev–Trinajstić information content (AvgIpc) is 2.18. The van der Waals surface area contributed by atoms with Crippen molar-refractivity contribution in [2.75, 3.05) is 12.9 Å². The minimum Gasteiger partial charge on any atom is -0.508 e. The van der Waals surface area contributed by atoms with Gasteiger partial charge in [0.15, 0.2) is 9.84 Å². The standard InChI is InChI=1S/C10H13FO4S/c1-6(5-12)7-3-8(11)10(4-9(7)13)16(2,14)15/h3-4,6,12-13H,5H2,1-2H3. The summed E-state index contributed by atoms with van der Waals surface area (Å²) in [5.41, 5.74) is 0.187. The van der Waals surface area contributed by atoms with Crippen molar-refractivity contribution in [2.24, 2.45) is 0 Å². The second-order valence-electron chi connectivity index (χ2n) is 3.70. The van der Waals surface area contributed by atoms with Gasteiger partial charge in [-0.2, -0.15) is 0 Å². The molecule has 1 aromatic carbocycles. The summed E-state index contributed by atoms with van der Waals surface area (Å²) >= 11 is 0. The number of hydrogen-bond donors (Lipinski definition) is 2. The number of phenols is 1. The Bertz CT molecular complexity index is 496. The zero-order chi connectivity index (χ0) is 12.5. The number of aliphatic hydroxyl groups excluding tert-OH is 1. The van der Waals surface area contributed by atoms with Gasteiger partial charge in [0.05, 0.1) is 0 Å². The van der Waals surface area contributed by atoms with Crippen molar-refractivity contribution in [1.82, 2.24) is 0 Å². The van der Waals surface area contributed by atoms with Crippen LogP contribution in [0, 0.1) is 5.82 Å². The third-order valence-corrected chi connectivity index (χ3v) is 3.40. The van der Waals surface area contributed by atoms with E-state index in [4.69, 9.17) is 5.11 Å². The highest BCUT2D eigenvalue weighted by molar-refractivity contribution is 7.90. The van der Waals surface area contributed by atoms with Crippen LogP contribution >= 0.6 is 0 Å². The first-order valence-electron chi connectivity index (χ1n) is 4.60.